The maximum Gasteiger partial charge on any atom is 0.330 e. The normalized spacial score (nSPS) is 18.0. The maximum absolute atomic E-state index is 11.6. The van der Waals surface area contributed by atoms with Gasteiger partial charge in [0.15, 0.2) is 0 Å². The van der Waals surface area contributed by atoms with E-state index in [-0.39, 0.29) is 12.6 Å². The lowest BCUT2D eigenvalue weighted by Crippen LogP contribution is -2.11. The summed E-state index contributed by atoms with van der Waals surface area (Å²) in [7, 11) is 0. The zero-order chi connectivity index (χ0) is 24.5. The number of benzene rings is 2. The molecule has 34 heavy (non-hydrogen) atoms. The molecule has 0 heterocycles. The van der Waals surface area contributed by atoms with Crippen molar-refractivity contribution in [3.8, 4) is 11.1 Å². The third-order valence-electron chi connectivity index (χ3n) is 7.49. The summed E-state index contributed by atoms with van der Waals surface area (Å²) in [6.45, 7) is 10.8. The van der Waals surface area contributed by atoms with Crippen LogP contribution in [-0.4, -0.2) is 24.3 Å². The fraction of sp³-hybridized carbons (Fsp3) is 0.516. The van der Waals surface area contributed by atoms with Crippen molar-refractivity contribution in [1.82, 2.24) is 0 Å². The number of hydrogen-bond acceptors (Lipinski definition) is 3. The lowest BCUT2D eigenvalue weighted by Gasteiger charge is -2.27. The van der Waals surface area contributed by atoms with Gasteiger partial charge in [-0.05, 0) is 89.3 Å². The topological polar surface area (TPSA) is 46.5 Å². The van der Waals surface area contributed by atoms with Crippen LogP contribution in [0.3, 0.4) is 0 Å². The third kappa shape index (κ3) is 6.60. The summed E-state index contributed by atoms with van der Waals surface area (Å²) in [4.78, 5) is 11.6. The van der Waals surface area contributed by atoms with Crippen LogP contribution in [0.4, 0.5) is 0 Å². The van der Waals surface area contributed by atoms with Gasteiger partial charge in [-0.3, -0.25) is 0 Å². The lowest BCUT2D eigenvalue weighted by atomic mass is 9.78. The largest absolute Gasteiger partial charge is 0.462 e. The quantitative estimate of drug-likeness (QED) is 0.290. The first-order valence-corrected chi connectivity index (χ1v) is 13.2. The molecule has 0 bridgehead atoms. The molecule has 2 aromatic carbocycles. The Bertz CT molecular complexity index is 967. The molecule has 0 radical (unpaired) electrons. The second-order valence-electron chi connectivity index (χ2n) is 9.80. The second kappa shape index (κ2) is 12.9. The summed E-state index contributed by atoms with van der Waals surface area (Å²) < 4.78 is 5.30. The molecule has 3 nitrogen and oxygen atoms in total. The third-order valence-corrected chi connectivity index (χ3v) is 7.49. The number of aryl methyl sites for hydroxylation is 2. The van der Waals surface area contributed by atoms with E-state index in [2.05, 4.69) is 57.7 Å². The number of carbonyl (C=O) groups is 1. The number of rotatable bonds is 11. The molecule has 0 aliphatic heterocycles. The molecule has 184 valence electrons. The molecule has 0 spiro atoms. The number of aliphatic hydroxyl groups is 1. The Kier molecular flexibility index (Phi) is 9.95. The van der Waals surface area contributed by atoms with Gasteiger partial charge in [-0.25, -0.2) is 4.79 Å². The zero-order valence-corrected chi connectivity index (χ0v) is 21.4. The first-order chi connectivity index (χ1) is 16.5. The van der Waals surface area contributed by atoms with Gasteiger partial charge in [0.05, 0.1) is 6.61 Å². The highest BCUT2D eigenvalue weighted by Crippen LogP contribution is 2.38. The van der Waals surface area contributed by atoms with Gasteiger partial charge in [-0.15, -0.1) is 0 Å². The standard InChI is InChI=1S/C31H42O3/c1-5-23-19-26(25-12-10-22(4)11-13-25)14-15-30(23)28-20-24(6-2)29(9-8-17-32)27(21-28)16-18-34-31(33)7-3/h7,14-15,19-22,25,32H,3,5-6,8-13,16-18H2,1-2,4H3. The van der Waals surface area contributed by atoms with E-state index < -0.39 is 0 Å². The van der Waals surface area contributed by atoms with Crippen LogP contribution in [0.2, 0.25) is 0 Å². The van der Waals surface area contributed by atoms with Crippen LogP contribution in [0.1, 0.15) is 86.6 Å². The van der Waals surface area contributed by atoms with Crippen LogP contribution >= 0.6 is 0 Å². The molecule has 3 heteroatoms. The molecule has 0 atom stereocenters. The molecule has 1 aliphatic rings. The highest BCUT2D eigenvalue weighted by Gasteiger charge is 2.21. The maximum atomic E-state index is 11.6. The minimum atomic E-state index is -0.384. The van der Waals surface area contributed by atoms with Crippen molar-refractivity contribution in [1.29, 1.82) is 0 Å². The van der Waals surface area contributed by atoms with Crippen LogP contribution in [0, 0.1) is 5.92 Å². The van der Waals surface area contributed by atoms with Gasteiger partial charge in [-0.2, -0.15) is 0 Å². The number of ether oxygens (including phenoxy) is 1. The molecule has 3 rings (SSSR count). The summed E-state index contributed by atoms with van der Waals surface area (Å²) in [5.74, 6) is 1.17. The average Bonchev–Trinajstić information content (AvgIpc) is 2.87. The van der Waals surface area contributed by atoms with E-state index in [1.165, 1.54) is 70.7 Å². The van der Waals surface area contributed by atoms with E-state index in [0.29, 0.717) is 18.9 Å². The predicted octanol–water partition coefficient (Wildman–Crippen LogP) is 6.97. The van der Waals surface area contributed by atoms with Gasteiger partial charge in [0.1, 0.15) is 0 Å². The van der Waals surface area contributed by atoms with E-state index in [1.807, 2.05) is 0 Å². The molecule has 0 saturated heterocycles. The monoisotopic (exact) mass is 462 g/mol. The summed E-state index contributed by atoms with van der Waals surface area (Å²) in [6, 6.07) is 11.8. The second-order valence-corrected chi connectivity index (χ2v) is 9.80. The number of aliphatic hydroxyl groups excluding tert-OH is 1. The summed E-state index contributed by atoms with van der Waals surface area (Å²) in [5.41, 5.74) is 9.29. The number of hydrogen-bond donors (Lipinski definition) is 1. The Balaban J connectivity index is 1.96. The van der Waals surface area contributed by atoms with Gasteiger partial charge in [-0.1, -0.05) is 70.5 Å². The van der Waals surface area contributed by atoms with E-state index in [9.17, 15) is 9.90 Å². The van der Waals surface area contributed by atoms with Crippen molar-refractivity contribution in [2.24, 2.45) is 5.92 Å². The van der Waals surface area contributed by atoms with E-state index in [0.717, 1.165) is 31.6 Å². The molecular weight excluding hydrogens is 420 g/mol. The van der Waals surface area contributed by atoms with Crippen molar-refractivity contribution in [2.75, 3.05) is 13.2 Å². The SMILES string of the molecule is C=CC(=O)OCCc1cc(-c2ccc(C3CCC(C)CC3)cc2CC)cc(CC)c1CCCO. The van der Waals surface area contributed by atoms with Crippen LogP contribution in [0.25, 0.3) is 11.1 Å². The van der Waals surface area contributed by atoms with Crippen LogP contribution in [0.15, 0.2) is 43.0 Å². The highest BCUT2D eigenvalue weighted by atomic mass is 16.5. The Hall–Kier alpha value is -2.39. The molecule has 1 aliphatic carbocycles. The Morgan fingerprint density at radius 2 is 1.74 bits per heavy atom. The minimum absolute atomic E-state index is 0.178. The first kappa shape index (κ1) is 26.2. The van der Waals surface area contributed by atoms with Gasteiger partial charge in [0.2, 0.25) is 0 Å². The van der Waals surface area contributed by atoms with Gasteiger partial charge < -0.3 is 9.84 Å². The molecule has 2 aromatic rings. The smallest absolute Gasteiger partial charge is 0.330 e. The Morgan fingerprint density at radius 1 is 1.03 bits per heavy atom. The van der Waals surface area contributed by atoms with Crippen molar-refractivity contribution in [3.63, 3.8) is 0 Å². The fourth-order valence-corrected chi connectivity index (χ4v) is 5.42. The summed E-state index contributed by atoms with van der Waals surface area (Å²) in [6.07, 6.45) is 10.7. The van der Waals surface area contributed by atoms with E-state index >= 15 is 0 Å². The van der Waals surface area contributed by atoms with Gasteiger partial charge in [0, 0.05) is 19.1 Å². The van der Waals surface area contributed by atoms with Crippen LogP contribution in [-0.2, 0) is 35.2 Å². The molecule has 1 N–H and O–H groups in total. The number of esters is 1. The van der Waals surface area contributed by atoms with Crippen molar-refractivity contribution >= 4 is 5.97 Å². The Morgan fingerprint density at radius 3 is 2.38 bits per heavy atom. The number of carbonyl (C=O) groups excluding carboxylic acids is 1. The molecule has 0 unspecified atom stereocenters. The van der Waals surface area contributed by atoms with Crippen LogP contribution in [0.5, 0.6) is 0 Å². The summed E-state index contributed by atoms with van der Waals surface area (Å²) in [5, 5.41) is 9.43. The highest BCUT2D eigenvalue weighted by molar-refractivity contribution is 5.81. The van der Waals surface area contributed by atoms with E-state index in [4.69, 9.17) is 4.74 Å². The fourth-order valence-electron chi connectivity index (χ4n) is 5.42. The lowest BCUT2D eigenvalue weighted by molar-refractivity contribution is -0.137. The van der Waals surface area contributed by atoms with Crippen molar-refractivity contribution < 1.29 is 14.6 Å². The molecule has 0 aromatic heterocycles. The zero-order valence-electron chi connectivity index (χ0n) is 21.4. The summed E-state index contributed by atoms with van der Waals surface area (Å²) >= 11 is 0. The Labute approximate surface area is 206 Å². The predicted molar refractivity (Wildman–Crippen MR) is 141 cm³/mol. The minimum Gasteiger partial charge on any atom is -0.462 e. The van der Waals surface area contributed by atoms with Crippen molar-refractivity contribution in [3.05, 3.63) is 70.8 Å². The van der Waals surface area contributed by atoms with Crippen LogP contribution < -0.4 is 0 Å². The van der Waals surface area contributed by atoms with E-state index in [1.54, 1.807) is 0 Å². The average molecular weight is 463 g/mol. The first-order valence-electron chi connectivity index (χ1n) is 13.2. The molecule has 0 amide bonds. The van der Waals surface area contributed by atoms with Crippen molar-refractivity contribution in [2.45, 2.75) is 84.5 Å². The molecule has 1 fully saturated rings. The van der Waals surface area contributed by atoms with Gasteiger partial charge >= 0.3 is 5.97 Å². The molecular formula is C31H42O3. The van der Waals surface area contributed by atoms with Gasteiger partial charge in [0.25, 0.3) is 0 Å². The molecule has 1 saturated carbocycles.